The molecule has 2 rings (SSSR count). The summed E-state index contributed by atoms with van der Waals surface area (Å²) < 4.78 is 7.30. The molecule has 1 aromatic heterocycles. The number of aromatic nitrogens is 1. The van der Waals surface area contributed by atoms with Crippen molar-refractivity contribution in [3.63, 3.8) is 0 Å². The first-order valence-electron chi connectivity index (χ1n) is 6.33. The van der Waals surface area contributed by atoms with Crippen LogP contribution in [-0.4, -0.2) is 11.2 Å². The molecule has 1 aromatic carbocycles. The molecule has 2 aromatic rings. The largest absolute Gasteiger partial charge is 0.491 e. The predicted molar refractivity (Wildman–Crippen MR) is 81.5 cm³/mol. The maximum absolute atomic E-state index is 11.6. The van der Waals surface area contributed by atoms with E-state index >= 15 is 0 Å². The maximum atomic E-state index is 11.6. The lowest BCUT2D eigenvalue weighted by Gasteiger charge is -2.13. The van der Waals surface area contributed by atoms with Gasteiger partial charge in [-0.15, -0.1) is 0 Å². The number of aryl methyl sites for hydroxylation is 2. The van der Waals surface area contributed by atoms with Gasteiger partial charge in [-0.1, -0.05) is 11.6 Å². The van der Waals surface area contributed by atoms with Crippen molar-refractivity contribution in [1.82, 2.24) is 4.57 Å². The van der Waals surface area contributed by atoms with E-state index in [4.69, 9.17) is 22.1 Å². The fourth-order valence-corrected chi connectivity index (χ4v) is 2.42. The fraction of sp³-hybridized carbons (Fsp3) is 0.267. The number of ether oxygens (including phenoxy) is 1. The number of nitrogens with zero attached hydrogens (tertiary/aromatic N) is 1. The minimum atomic E-state index is -0.0904. The number of anilines is 1. The van der Waals surface area contributed by atoms with Crippen LogP contribution in [0.3, 0.4) is 0 Å². The van der Waals surface area contributed by atoms with E-state index in [0.29, 0.717) is 23.9 Å². The van der Waals surface area contributed by atoms with Crippen molar-refractivity contribution in [3.8, 4) is 5.75 Å². The first-order chi connectivity index (χ1) is 9.47. The second kappa shape index (κ2) is 6.01. The monoisotopic (exact) mass is 292 g/mol. The first-order valence-corrected chi connectivity index (χ1v) is 6.70. The van der Waals surface area contributed by atoms with E-state index in [1.54, 1.807) is 12.3 Å². The molecular weight excluding hydrogens is 276 g/mol. The summed E-state index contributed by atoms with van der Waals surface area (Å²) in [6.07, 6.45) is 1.62. The van der Waals surface area contributed by atoms with Crippen molar-refractivity contribution in [2.75, 3.05) is 12.3 Å². The van der Waals surface area contributed by atoms with Gasteiger partial charge in [0.1, 0.15) is 12.4 Å². The molecule has 0 atom stereocenters. The molecule has 0 spiro atoms. The summed E-state index contributed by atoms with van der Waals surface area (Å²) in [5, 5.41) is 0.694. The fourth-order valence-electron chi connectivity index (χ4n) is 2.10. The van der Waals surface area contributed by atoms with E-state index in [2.05, 4.69) is 0 Å². The van der Waals surface area contributed by atoms with E-state index in [-0.39, 0.29) is 5.56 Å². The third-order valence-electron chi connectivity index (χ3n) is 3.01. The molecule has 5 heteroatoms. The van der Waals surface area contributed by atoms with Crippen LogP contribution in [0.2, 0.25) is 5.02 Å². The molecule has 2 N–H and O–H groups in total. The predicted octanol–water partition coefficient (Wildman–Crippen LogP) is 2.78. The van der Waals surface area contributed by atoms with Gasteiger partial charge in [0.05, 0.1) is 6.54 Å². The second-order valence-electron chi connectivity index (χ2n) is 4.71. The zero-order chi connectivity index (χ0) is 14.7. The molecule has 0 saturated carbocycles. The molecule has 0 aliphatic heterocycles. The Labute approximate surface area is 122 Å². The zero-order valence-electron chi connectivity index (χ0n) is 11.5. The highest BCUT2D eigenvalue weighted by Gasteiger charge is 2.06. The number of rotatable bonds is 4. The van der Waals surface area contributed by atoms with Gasteiger partial charge in [-0.25, -0.2) is 0 Å². The molecular formula is C15H17ClN2O2. The number of hydrogen-bond acceptors (Lipinski definition) is 3. The second-order valence-corrected chi connectivity index (χ2v) is 5.15. The first kappa shape index (κ1) is 14.5. The van der Waals surface area contributed by atoms with Gasteiger partial charge in [-0.3, -0.25) is 4.79 Å². The zero-order valence-corrected chi connectivity index (χ0v) is 12.3. The van der Waals surface area contributed by atoms with Gasteiger partial charge in [-0.05, 0) is 43.2 Å². The molecule has 4 nitrogen and oxygen atoms in total. The lowest BCUT2D eigenvalue weighted by atomic mass is 10.1. The Morgan fingerprint density at radius 1 is 1.25 bits per heavy atom. The van der Waals surface area contributed by atoms with Crippen LogP contribution in [0.1, 0.15) is 11.1 Å². The number of pyridine rings is 1. The number of nitrogen functional groups attached to an aromatic ring is 1. The van der Waals surface area contributed by atoms with Crippen molar-refractivity contribution >= 4 is 17.3 Å². The molecule has 0 fully saturated rings. The van der Waals surface area contributed by atoms with Crippen molar-refractivity contribution in [3.05, 3.63) is 57.0 Å². The van der Waals surface area contributed by atoms with Gasteiger partial charge in [-0.2, -0.15) is 0 Å². The van der Waals surface area contributed by atoms with Crippen LogP contribution in [0.25, 0.3) is 0 Å². The number of benzene rings is 1. The van der Waals surface area contributed by atoms with Crippen molar-refractivity contribution < 1.29 is 4.74 Å². The Bertz CT molecular complexity index is 657. The summed E-state index contributed by atoms with van der Waals surface area (Å²) in [7, 11) is 0. The lowest BCUT2D eigenvalue weighted by molar-refractivity contribution is 0.293. The smallest absolute Gasteiger partial charge is 0.250 e. The summed E-state index contributed by atoms with van der Waals surface area (Å²) in [5.41, 5.74) is 8.09. The Morgan fingerprint density at radius 2 is 1.90 bits per heavy atom. The topological polar surface area (TPSA) is 57.2 Å². The molecule has 106 valence electrons. The molecule has 20 heavy (non-hydrogen) atoms. The van der Waals surface area contributed by atoms with Crippen LogP contribution in [0.5, 0.6) is 5.75 Å². The Kier molecular flexibility index (Phi) is 4.35. The van der Waals surface area contributed by atoms with E-state index in [9.17, 15) is 4.79 Å². The Morgan fingerprint density at radius 3 is 2.55 bits per heavy atom. The standard InChI is InChI=1S/C15H17ClN2O2/c1-10-7-12(16)8-11(2)15(10)20-6-5-18-9-13(17)3-4-14(18)19/h3-4,7-9H,5-6,17H2,1-2H3. The lowest BCUT2D eigenvalue weighted by Crippen LogP contribution is -2.22. The van der Waals surface area contributed by atoms with E-state index < -0.39 is 0 Å². The van der Waals surface area contributed by atoms with Crippen LogP contribution in [0.15, 0.2) is 35.3 Å². The minimum Gasteiger partial charge on any atom is -0.491 e. The van der Waals surface area contributed by atoms with Crippen LogP contribution in [0, 0.1) is 13.8 Å². The van der Waals surface area contributed by atoms with Crippen LogP contribution in [0.4, 0.5) is 5.69 Å². The minimum absolute atomic E-state index is 0.0904. The molecule has 0 amide bonds. The highest BCUT2D eigenvalue weighted by molar-refractivity contribution is 6.30. The molecule has 0 radical (unpaired) electrons. The SMILES string of the molecule is Cc1cc(Cl)cc(C)c1OCCn1cc(N)ccc1=O. The van der Waals surface area contributed by atoms with Crippen LogP contribution in [-0.2, 0) is 6.54 Å². The number of hydrogen-bond donors (Lipinski definition) is 1. The van der Waals surface area contributed by atoms with Crippen molar-refractivity contribution in [2.24, 2.45) is 0 Å². The van der Waals surface area contributed by atoms with Crippen LogP contribution < -0.4 is 16.0 Å². The van der Waals surface area contributed by atoms with Gasteiger partial charge >= 0.3 is 0 Å². The quantitative estimate of drug-likeness (QED) is 0.943. The number of halogens is 1. The summed E-state index contributed by atoms with van der Waals surface area (Å²) in [4.78, 5) is 11.6. The average Bonchev–Trinajstić information content (AvgIpc) is 2.36. The van der Waals surface area contributed by atoms with Gasteiger partial charge in [0.25, 0.3) is 5.56 Å². The van der Waals surface area contributed by atoms with Crippen molar-refractivity contribution in [1.29, 1.82) is 0 Å². The van der Waals surface area contributed by atoms with Gasteiger partial charge < -0.3 is 15.0 Å². The number of nitrogens with two attached hydrogens (primary N) is 1. The summed E-state index contributed by atoms with van der Waals surface area (Å²) in [6, 6.07) is 6.76. The third-order valence-corrected chi connectivity index (χ3v) is 3.23. The van der Waals surface area contributed by atoms with Gasteiger partial charge in [0.2, 0.25) is 0 Å². The molecule has 0 saturated heterocycles. The van der Waals surface area contributed by atoms with Gasteiger partial charge in [0, 0.05) is 23.0 Å². The van der Waals surface area contributed by atoms with E-state index in [0.717, 1.165) is 16.9 Å². The Hall–Kier alpha value is -1.94. The molecule has 0 bridgehead atoms. The summed E-state index contributed by atoms with van der Waals surface area (Å²) in [6.45, 7) is 4.74. The summed E-state index contributed by atoms with van der Waals surface area (Å²) in [5.74, 6) is 0.811. The molecule has 0 unspecified atom stereocenters. The highest BCUT2D eigenvalue weighted by atomic mass is 35.5. The molecule has 0 aliphatic carbocycles. The van der Waals surface area contributed by atoms with E-state index in [1.165, 1.54) is 10.6 Å². The third kappa shape index (κ3) is 3.33. The van der Waals surface area contributed by atoms with E-state index in [1.807, 2.05) is 26.0 Å². The Balaban J connectivity index is 2.07. The molecule has 1 heterocycles. The van der Waals surface area contributed by atoms with Gasteiger partial charge in [0.15, 0.2) is 0 Å². The van der Waals surface area contributed by atoms with Crippen LogP contribution >= 0.6 is 11.6 Å². The normalized spacial score (nSPS) is 10.6. The van der Waals surface area contributed by atoms with Crippen molar-refractivity contribution in [2.45, 2.75) is 20.4 Å². The highest BCUT2D eigenvalue weighted by Crippen LogP contribution is 2.26. The molecule has 0 aliphatic rings. The summed E-state index contributed by atoms with van der Waals surface area (Å²) >= 11 is 5.98. The maximum Gasteiger partial charge on any atom is 0.250 e. The average molecular weight is 293 g/mol.